The normalized spacial score (nSPS) is 38.1. The van der Waals surface area contributed by atoms with Gasteiger partial charge in [0.25, 0.3) is 0 Å². The molecule has 1 N–H and O–H groups in total. The van der Waals surface area contributed by atoms with Crippen molar-refractivity contribution >= 4 is 10.0 Å². The topological polar surface area (TPSA) is 64.0 Å². The second-order valence-corrected chi connectivity index (χ2v) is 9.21. The van der Waals surface area contributed by atoms with Crippen molar-refractivity contribution in [1.29, 1.82) is 0 Å². The largest absolute Gasteiger partial charge is 0.274 e. The van der Waals surface area contributed by atoms with Crippen LogP contribution in [0.3, 0.4) is 0 Å². The van der Waals surface area contributed by atoms with Gasteiger partial charge in [-0.05, 0) is 63.2 Å². The highest BCUT2D eigenvalue weighted by molar-refractivity contribution is 7.89. The summed E-state index contributed by atoms with van der Waals surface area (Å²) in [5, 5.41) is 4.17. The molecule has 4 aliphatic rings. The maximum atomic E-state index is 12.8. The molecule has 6 heteroatoms. The van der Waals surface area contributed by atoms with E-state index in [1.165, 1.54) is 19.3 Å². The van der Waals surface area contributed by atoms with E-state index in [2.05, 4.69) is 9.82 Å². The fourth-order valence-electron chi connectivity index (χ4n) is 5.42. The zero-order valence-electron chi connectivity index (χ0n) is 12.7. The number of aromatic nitrogens is 2. The Morgan fingerprint density at radius 3 is 2.14 bits per heavy atom. The Kier molecular flexibility index (Phi) is 2.83. The van der Waals surface area contributed by atoms with Crippen LogP contribution in [0.4, 0.5) is 0 Å². The third kappa shape index (κ3) is 2.23. The zero-order valence-corrected chi connectivity index (χ0v) is 13.5. The van der Waals surface area contributed by atoms with Gasteiger partial charge in [-0.3, -0.25) is 4.68 Å². The number of aryl methyl sites for hydroxylation is 2. The van der Waals surface area contributed by atoms with Crippen LogP contribution in [0.5, 0.6) is 0 Å². The Morgan fingerprint density at radius 2 is 1.71 bits per heavy atom. The van der Waals surface area contributed by atoms with Crippen LogP contribution >= 0.6 is 0 Å². The Labute approximate surface area is 126 Å². The van der Waals surface area contributed by atoms with Gasteiger partial charge in [0.15, 0.2) is 0 Å². The molecule has 0 saturated heterocycles. The molecule has 0 radical (unpaired) electrons. The van der Waals surface area contributed by atoms with Crippen molar-refractivity contribution in [2.75, 3.05) is 0 Å². The van der Waals surface area contributed by atoms with Crippen LogP contribution in [0.1, 0.15) is 44.2 Å². The summed E-state index contributed by atoms with van der Waals surface area (Å²) in [6, 6.07) is 0. The van der Waals surface area contributed by atoms with Crippen LogP contribution in [0, 0.1) is 24.7 Å². The van der Waals surface area contributed by atoms with E-state index in [9.17, 15) is 8.42 Å². The van der Waals surface area contributed by atoms with Gasteiger partial charge in [0, 0.05) is 18.8 Å². The summed E-state index contributed by atoms with van der Waals surface area (Å²) in [6.07, 6.45) is 8.62. The highest BCUT2D eigenvalue weighted by Crippen LogP contribution is 2.55. The molecule has 1 aromatic rings. The Hall–Kier alpha value is -0.880. The second-order valence-electron chi connectivity index (χ2n) is 7.56. The van der Waals surface area contributed by atoms with Crippen molar-refractivity contribution in [3.05, 3.63) is 11.9 Å². The number of nitrogens with one attached hydrogen (secondary N) is 1. The molecule has 5 nitrogen and oxygen atoms in total. The molecule has 21 heavy (non-hydrogen) atoms. The van der Waals surface area contributed by atoms with Gasteiger partial charge in [-0.25, -0.2) is 13.1 Å². The van der Waals surface area contributed by atoms with Gasteiger partial charge in [-0.2, -0.15) is 5.10 Å². The van der Waals surface area contributed by atoms with Crippen molar-refractivity contribution < 1.29 is 8.42 Å². The first-order chi connectivity index (χ1) is 9.85. The molecule has 1 heterocycles. The van der Waals surface area contributed by atoms with Crippen LogP contribution in [0.15, 0.2) is 11.1 Å². The summed E-state index contributed by atoms with van der Waals surface area (Å²) in [4.78, 5) is 0.334. The van der Waals surface area contributed by atoms with E-state index in [4.69, 9.17) is 0 Å². The monoisotopic (exact) mass is 309 g/mol. The molecule has 4 aliphatic carbocycles. The Morgan fingerprint density at radius 1 is 1.19 bits per heavy atom. The summed E-state index contributed by atoms with van der Waals surface area (Å²) in [5.74, 6) is 2.19. The number of sulfonamides is 1. The molecular weight excluding hydrogens is 286 g/mol. The molecule has 4 fully saturated rings. The zero-order chi connectivity index (χ0) is 14.8. The van der Waals surface area contributed by atoms with E-state index >= 15 is 0 Å². The van der Waals surface area contributed by atoms with Crippen LogP contribution in [-0.2, 0) is 17.1 Å². The third-order valence-corrected chi connectivity index (χ3v) is 7.33. The molecule has 1 aromatic heterocycles. The second kappa shape index (κ2) is 4.32. The maximum Gasteiger partial charge on any atom is 0.244 e. The van der Waals surface area contributed by atoms with E-state index in [1.54, 1.807) is 24.9 Å². The summed E-state index contributed by atoms with van der Waals surface area (Å²) in [7, 11) is -1.71. The van der Waals surface area contributed by atoms with Gasteiger partial charge < -0.3 is 0 Å². The summed E-state index contributed by atoms with van der Waals surface area (Å²) in [6.45, 7) is 1.76. The minimum atomic E-state index is -3.47. The smallest absolute Gasteiger partial charge is 0.244 e. The lowest BCUT2D eigenvalue weighted by molar-refractivity contribution is -0.00810. The quantitative estimate of drug-likeness (QED) is 0.928. The van der Waals surface area contributed by atoms with Crippen LogP contribution in [0.25, 0.3) is 0 Å². The fourth-order valence-corrected chi connectivity index (χ4v) is 7.07. The molecule has 0 unspecified atom stereocenters. The maximum absolute atomic E-state index is 12.8. The lowest BCUT2D eigenvalue weighted by Crippen LogP contribution is -2.59. The van der Waals surface area contributed by atoms with Crippen molar-refractivity contribution in [2.24, 2.45) is 24.8 Å². The Bertz CT molecular complexity index is 642. The summed E-state index contributed by atoms with van der Waals surface area (Å²) in [5.41, 5.74) is 0.394. The first-order valence-corrected chi connectivity index (χ1v) is 9.38. The van der Waals surface area contributed by atoms with E-state index in [1.807, 2.05) is 0 Å². The van der Waals surface area contributed by atoms with Gasteiger partial charge in [0.05, 0.1) is 5.69 Å². The average molecular weight is 309 g/mol. The van der Waals surface area contributed by atoms with Crippen molar-refractivity contribution in [2.45, 2.75) is 55.9 Å². The molecular formula is C15H23N3O2S. The van der Waals surface area contributed by atoms with E-state index in [0.29, 0.717) is 10.6 Å². The molecule has 0 spiro atoms. The van der Waals surface area contributed by atoms with E-state index < -0.39 is 10.0 Å². The molecule has 5 rings (SSSR count). The SMILES string of the molecule is Cc1nn(C)cc1S(=O)(=O)NC12CC3CC(CC(C3)C1)C2. The van der Waals surface area contributed by atoms with Crippen LogP contribution < -0.4 is 4.72 Å². The van der Waals surface area contributed by atoms with E-state index in [-0.39, 0.29) is 5.54 Å². The number of rotatable bonds is 3. The molecule has 0 amide bonds. The predicted octanol–water partition coefficient (Wildman–Crippen LogP) is 1.98. The van der Waals surface area contributed by atoms with E-state index in [0.717, 1.165) is 37.0 Å². The minimum absolute atomic E-state index is 0.185. The first-order valence-electron chi connectivity index (χ1n) is 7.89. The average Bonchev–Trinajstić information content (AvgIpc) is 2.65. The number of nitrogens with zero attached hydrogens (tertiary/aromatic N) is 2. The molecule has 0 aromatic carbocycles. The van der Waals surface area contributed by atoms with Crippen LogP contribution in [0.2, 0.25) is 0 Å². The molecule has 4 bridgehead atoms. The number of hydrogen-bond donors (Lipinski definition) is 1. The van der Waals surface area contributed by atoms with Gasteiger partial charge in [-0.1, -0.05) is 0 Å². The molecule has 0 aliphatic heterocycles. The summed E-state index contributed by atoms with van der Waals surface area (Å²) < 4.78 is 30.2. The van der Waals surface area contributed by atoms with Gasteiger partial charge >= 0.3 is 0 Å². The molecule has 0 atom stereocenters. The standard InChI is InChI=1S/C15H23N3O2S/c1-10-14(9-18(2)16-10)21(19,20)17-15-6-11-3-12(7-15)5-13(4-11)8-15/h9,11-13,17H,3-8H2,1-2H3. The van der Waals surface area contributed by atoms with Gasteiger partial charge in [0.2, 0.25) is 10.0 Å². The lowest BCUT2D eigenvalue weighted by atomic mass is 9.53. The highest BCUT2D eigenvalue weighted by Gasteiger charge is 2.52. The highest BCUT2D eigenvalue weighted by atomic mass is 32.2. The molecule has 116 valence electrons. The fraction of sp³-hybridized carbons (Fsp3) is 0.800. The first kappa shape index (κ1) is 13.8. The minimum Gasteiger partial charge on any atom is -0.274 e. The summed E-state index contributed by atoms with van der Waals surface area (Å²) >= 11 is 0. The van der Waals surface area contributed by atoms with Crippen molar-refractivity contribution in [3.8, 4) is 0 Å². The lowest BCUT2D eigenvalue weighted by Gasteiger charge is -2.56. The number of hydrogen-bond acceptors (Lipinski definition) is 3. The van der Waals surface area contributed by atoms with Gasteiger partial charge in [0.1, 0.15) is 4.90 Å². The van der Waals surface area contributed by atoms with Crippen LogP contribution in [-0.4, -0.2) is 23.7 Å². The predicted molar refractivity (Wildman–Crippen MR) is 79.2 cm³/mol. The van der Waals surface area contributed by atoms with Crippen molar-refractivity contribution in [3.63, 3.8) is 0 Å². The van der Waals surface area contributed by atoms with Gasteiger partial charge in [-0.15, -0.1) is 0 Å². The molecule has 4 saturated carbocycles. The Balaban J connectivity index is 1.65. The third-order valence-electron chi connectivity index (χ3n) is 5.65. The van der Waals surface area contributed by atoms with Crippen molar-refractivity contribution in [1.82, 2.24) is 14.5 Å².